The first kappa shape index (κ1) is 21.7. The zero-order valence-corrected chi connectivity index (χ0v) is 20.3. The number of hydrogen-bond donors (Lipinski definition) is 1. The standard InChI is InChI=1S/C26H25BrN2OS/c1-25(2)17-26(3,19-11-5-4-6-12-19)21-14-7-8-15-22(21)29(25)24(31)28-23(30)18-10-9-13-20(27)16-18/h4-16H,17H2,1-3H3,(H,28,30,31)/t26-/m0/s1. The Labute approximate surface area is 197 Å². The molecular formula is C26H25BrN2OS. The Balaban J connectivity index is 1.73. The molecule has 0 spiro atoms. The van der Waals surface area contributed by atoms with E-state index in [1.54, 1.807) is 12.1 Å². The van der Waals surface area contributed by atoms with E-state index in [9.17, 15) is 4.79 Å². The van der Waals surface area contributed by atoms with Crippen molar-refractivity contribution in [3.8, 4) is 0 Å². The van der Waals surface area contributed by atoms with Crippen molar-refractivity contribution in [2.24, 2.45) is 0 Å². The molecule has 0 fully saturated rings. The van der Waals surface area contributed by atoms with Crippen molar-refractivity contribution in [2.75, 3.05) is 4.90 Å². The average Bonchev–Trinajstić information content (AvgIpc) is 2.73. The van der Waals surface area contributed by atoms with Gasteiger partial charge in [0.15, 0.2) is 5.11 Å². The van der Waals surface area contributed by atoms with E-state index in [-0.39, 0.29) is 16.9 Å². The lowest BCUT2D eigenvalue weighted by Gasteiger charge is -2.52. The lowest BCUT2D eigenvalue weighted by molar-refractivity contribution is 0.0976. The van der Waals surface area contributed by atoms with Crippen molar-refractivity contribution in [3.63, 3.8) is 0 Å². The lowest BCUT2D eigenvalue weighted by Crippen LogP contribution is -2.59. The molecule has 31 heavy (non-hydrogen) atoms. The van der Waals surface area contributed by atoms with Crippen LogP contribution in [-0.4, -0.2) is 16.6 Å². The maximum atomic E-state index is 12.9. The maximum absolute atomic E-state index is 12.9. The number of carbonyl (C=O) groups excluding carboxylic acids is 1. The molecule has 1 aliphatic rings. The monoisotopic (exact) mass is 492 g/mol. The predicted molar refractivity (Wildman–Crippen MR) is 135 cm³/mol. The number of carbonyl (C=O) groups is 1. The number of hydrogen-bond acceptors (Lipinski definition) is 2. The molecule has 0 saturated carbocycles. The summed E-state index contributed by atoms with van der Waals surface area (Å²) < 4.78 is 0.855. The summed E-state index contributed by atoms with van der Waals surface area (Å²) in [5, 5.41) is 3.37. The maximum Gasteiger partial charge on any atom is 0.257 e. The van der Waals surface area contributed by atoms with Gasteiger partial charge in [0.25, 0.3) is 5.91 Å². The summed E-state index contributed by atoms with van der Waals surface area (Å²) in [6, 6.07) is 26.3. The number of para-hydroxylation sites is 1. The molecule has 3 nitrogen and oxygen atoms in total. The van der Waals surface area contributed by atoms with Gasteiger partial charge in [-0.15, -0.1) is 0 Å². The van der Waals surface area contributed by atoms with Crippen LogP contribution in [0.15, 0.2) is 83.3 Å². The number of amides is 1. The molecule has 3 aromatic rings. The molecule has 158 valence electrons. The molecule has 0 aliphatic carbocycles. The van der Waals surface area contributed by atoms with Gasteiger partial charge in [-0.25, -0.2) is 0 Å². The Kier molecular flexibility index (Phi) is 5.75. The second-order valence-electron chi connectivity index (χ2n) is 8.81. The zero-order chi connectivity index (χ0) is 22.2. The fraction of sp³-hybridized carbons (Fsp3) is 0.231. The Morgan fingerprint density at radius 3 is 2.35 bits per heavy atom. The lowest BCUT2D eigenvalue weighted by atomic mass is 9.65. The normalized spacial score (nSPS) is 19.4. The molecule has 0 aromatic heterocycles. The molecule has 1 N–H and O–H groups in total. The average molecular weight is 493 g/mol. The third-order valence-corrected chi connectivity index (χ3v) is 6.83. The van der Waals surface area contributed by atoms with Crippen LogP contribution in [0.25, 0.3) is 0 Å². The van der Waals surface area contributed by atoms with Gasteiger partial charge in [-0.2, -0.15) is 0 Å². The molecule has 0 unspecified atom stereocenters. The summed E-state index contributed by atoms with van der Waals surface area (Å²) in [6.45, 7) is 6.66. The van der Waals surface area contributed by atoms with Crippen molar-refractivity contribution in [1.82, 2.24) is 5.32 Å². The highest BCUT2D eigenvalue weighted by molar-refractivity contribution is 9.10. The van der Waals surface area contributed by atoms with Crippen LogP contribution in [0.1, 0.15) is 48.7 Å². The number of benzene rings is 3. The van der Waals surface area contributed by atoms with Crippen molar-refractivity contribution in [2.45, 2.75) is 38.1 Å². The SMILES string of the molecule is CC1(C)C[C@@](C)(c2ccccc2)c2ccccc2N1C(=S)NC(=O)c1cccc(Br)c1. The van der Waals surface area contributed by atoms with Gasteiger partial charge in [0.1, 0.15) is 0 Å². The quantitative estimate of drug-likeness (QED) is 0.416. The van der Waals surface area contributed by atoms with Crippen LogP contribution in [-0.2, 0) is 5.41 Å². The summed E-state index contributed by atoms with van der Waals surface area (Å²) in [5.74, 6) is -0.212. The minimum atomic E-state index is -0.305. The zero-order valence-electron chi connectivity index (χ0n) is 17.9. The molecule has 5 heteroatoms. The minimum Gasteiger partial charge on any atom is -0.313 e. The summed E-state index contributed by atoms with van der Waals surface area (Å²) in [6.07, 6.45) is 0.855. The molecule has 4 rings (SSSR count). The third kappa shape index (κ3) is 4.04. The highest BCUT2D eigenvalue weighted by Gasteiger charge is 2.46. The van der Waals surface area contributed by atoms with Gasteiger partial charge >= 0.3 is 0 Å². The molecule has 0 saturated heterocycles. The van der Waals surface area contributed by atoms with Gasteiger partial charge in [-0.05, 0) is 67.9 Å². The Morgan fingerprint density at radius 2 is 1.65 bits per heavy atom. The molecule has 1 aliphatic heterocycles. The van der Waals surface area contributed by atoms with E-state index >= 15 is 0 Å². The van der Waals surface area contributed by atoms with Crippen LogP contribution >= 0.6 is 28.1 Å². The van der Waals surface area contributed by atoms with E-state index in [1.807, 2.05) is 24.3 Å². The number of halogens is 1. The highest BCUT2D eigenvalue weighted by atomic mass is 79.9. The Bertz CT molecular complexity index is 1140. The van der Waals surface area contributed by atoms with E-state index in [0.717, 1.165) is 16.6 Å². The van der Waals surface area contributed by atoms with Crippen LogP contribution in [0.5, 0.6) is 0 Å². The van der Waals surface area contributed by atoms with E-state index in [4.69, 9.17) is 12.2 Å². The van der Waals surface area contributed by atoms with Crippen LogP contribution in [0.2, 0.25) is 0 Å². The van der Waals surface area contributed by atoms with Crippen molar-refractivity contribution >= 4 is 44.9 Å². The topological polar surface area (TPSA) is 32.3 Å². The van der Waals surface area contributed by atoms with Crippen molar-refractivity contribution < 1.29 is 4.79 Å². The number of rotatable bonds is 2. The molecule has 3 aromatic carbocycles. The molecule has 1 heterocycles. The van der Waals surface area contributed by atoms with E-state index in [2.05, 4.69) is 89.4 Å². The number of nitrogens with one attached hydrogen (secondary N) is 1. The number of nitrogens with zero attached hydrogens (tertiary/aromatic N) is 1. The van der Waals surface area contributed by atoms with E-state index < -0.39 is 0 Å². The number of anilines is 1. The smallest absolute Gasteiger partial charge is 0.257 e. The van der Waals surface area contributed by atoms with E-state index in [0.29, 0.717) is 10.7 Å². The van der Waals surface area contributed by atoms with E-state index in [1.165, 1.54) is 11.1 Å². The second-order valence-corrected chi connectivity index (χ2v) is 10.1. The number of thiocarbonyl (C=S) groups is 1. The first-order valence-corrected chi connectivity index (χ1v) is 11.5. The largest absolute Gasteiger partial charge is 0.313 e. The van der Waals surface area contributed by atoms with Crippen LogP contribution < -0.4 is 10.2 Å². The number of fused-ring (bicyclic) bond motifs is 1. The molecule has 1 amide bonds. The van der Waals surface area contributed by atoms with Gasteiger partial charge in [-0.1, -0.05) is 77.5 Å². The predicted octanol–water partition coefficient (Wildman–Crippen LogP) is 6.46. The summed E-state index contributed by atoms with van der Waals surface area (Å²) in [4.78, 5) is 15.0. The van der Waals surface area contributed by atoms with Crippen molar-refractivity contribution in [3.05, 3.63) is 100 Å². The molecule has 1 atom stereocenters. The summed E-state index contributed by atoms with van der Waals surface area (Å²) in [5.41, 5.74) is 3.61. The van der Waals surface area contributed by atoms with Gasteiger partial charge in [0.05, 0.1) is 0 Å². The first-order valence-electron chi connectivity index (χ1n) is 10.3. The van der Waals surface area contributed by atoms with Gasteiger partial charge in [0.2, 0.25) is 0 Å². The fourth-order valence-electron chi connectivity index (χ4n) is 4.80. The Hall–Kier alpha value is -2.50. The third-order valence-electron chi connectivity index (χ3n) is 6.05. The second kappa shape index (κ2) is 8.21. The first-order chi connectivity index (χ1) is 14.7. The summed E-state index contributed by atoms with van der Waals surface area (Å²) in [7, 11) is 0. The molecule has 0 radical (unpaired) electrons. The van der Waals surface area contributed by atoms with Crippen molar-refractivity contribution in [1.29, 1.82) is 0 Å². The van der Waals surface area contributed by atoms with Gasteiger partial charge < -0.3 is 4.90 Å². The van der Waals surface area contributed by atoms with Crippen LogP contribution in [0.3, 0.4) is 0 Å². The van der Waals surface area contributed by atoms with Gasteiger partial charge in [0, 0.05) is 26.7 Å². The van der Waals surface area contributed by atoms with Gasteiger partial charge in [-0.3, -0.25) is 10.1 Å². The highest BCUT2D eigenvalue weighted by Crippen LogP contribution is 2.50. The fourth-order valence-corrected chi connectivity index (χ4v) is 5.64. The minimum absolute atomic E-state index is 0.165. The van der Waals surface area contributed by atoms with Crippen LogP contribution in [0, 0.1) is 0 Å². The Morgan fingerprint density at radius 1 is 0.968 bits per heavy atom. The molecular weight excluding hydrogens is 468 g/mol. The van der Waals surface area contributed by atoms with Crippen LogP contribution in [0.4, 0.5) is 5.69 Å². The summed E-state index contributed by atoms with van der Waals surface area (Å²) >= 11 is 9.21. The molecule has 0 bridgehead atoms.